The van der Waals surface area contributed by atoms with Crippen LogP contribution in [-0.2, 0) is 15.6 Å². The number of sulfone groups is 1. The molecule has 4 aromatic rings. The lowest BCUT2D eigenvalue weighted by atomic mass is 10.2. The fourth-order valence-electron chi connectivity index (χ4n) is 3.27. The Labute approximate surface area is 199 Å². The topological polar surface area (TPSA) is 93.2 Å². The van der Waals surface area contributed by atoms with Crippen LogP contribution in [0.15, 0.2) is 72.8 Å². The van der Waals surface area contributed by atoms with E-state index in [4.69, 9.17) is 4.74 Å². The lowest BCUT2D eigenvalue weighted by Gasteiger charge is -2.14. The third kappa shape index (κ3) is 5.91. The summed E-state index contributed by atoms with van der Waals surface area (Å²) in [6, 6.07) is 22.7. The van der Waals surface area contributed by atoms with Crippen LogP contribution in [0.3, 0.4) is 0 Å². The number of hydrogen-bond acceptors (Lipinski definition) is 7. The first-order valence-corrected chi connectivity index (χ1v) is 12.0. The zero-order chi connectivity index (χ0) is 22.6. The smallest absolute Gasteiger partial charge is 0.229 e. The molecule has 0 radical (unpaired) electrons. The van der Waals surface area contributed by atoms with Gasteiger partial charge in [0, 0.05) is 22.5 Å². The average molecular weight is 485 g/mol. The fraction of sp³-hybridized carbons (Fsp3) is 0.167. The van der Waals surface area contributed by atoms with Gasteiger partial charge in [-0.05, 0) is 42.0 Å². The molecular weight excluding hydrogens is 460 g/mol. The molecule has 1 heterocycles. The molecule has 0 saturated carbocycles. The maximum Gasteiger partial charge on any atom is 0.229 e. The molecule has 0 aliphatic carbocycles. The van der Waals surface area contributed by atoms with Gasteiger partial charge in [-0.25, -0.2) is 13.4 Å². The molecule has 3 aromatic carbocycles. The number of anilines is 4. The van der Waals surface area contributed by atoms with Gasteiger partial charge in [0.05, 0.1) is 12.9 Å². The van der Waals surface area contributed by atoms with Crippen LogP contribution in [0.1, 0.15) is 12.5 Å². The van der Waals surface area contributed by atoms with E-state index in [0.29, 0.717) is 23.0 Å². The van der Waals surface area contributed by atoms with E-state index in [-0.39, 0.29) is 23.9 Å². The second-order valence-electron chi connectivity index (χ2n) is 7.24. The molecule has 172 valence electrons. The minimum absolute atomic E-state index is 0. The van der Waals surface area contributed by atoms with E-state index in [2.05, 4.69) is 20.6 Å². The molecule has 7 nitrogen and oxygen atoms in total. The maximum absolute atomic E-state index is 11.9. The Hall–Kier alpha value is -3.36. The summed E-state index contributed by atoms with van der Waals surface area (Å²) in [6.07, 6.45) is 0. The first kappa shape index (κ1) is 24.3. The second-order valence-corrected chi connectivity index (χ2v) is 9.59. The Balaban J connectivity index is 0.00000306. The van der Waals surface area contributed by atoms with Crippen molar-refractivity contribution in [2.45, 2.75) is 12.7 Å². The Morgan fingerprint density at radius 2 is 1.55 bits per heavy atom. The van der Waals surface area contributed by atoms with E-state index in [9.17, 15) is 8.42 Å². The molecule has 2 N–H and O–H groups in total. The number of rotatable bonds is 8. The molecule has 0 aliphatic rings. The van der Waals surface area contributed by atoms with Gasteiger partial charge in [-0.15, -0.1) is 12.4 Å². The average Bonchev–Trinajstić information content (AvgIpc) is 2.80. The van der Waals surface area contributed by atoms with E-state index >= 15 is 0 Å². The summed E-state index contributed by atoms with van der Waals surface area (Å²) >= 11 is 0. The zero-order valence-electron chi connectivity index (χ0n) is 18.3. The maximum atomic E-state index is 11.9. The van der Waals surface area contributed by atoms with Crippen LogP contribution in [0.25, 0.3) is 10.9 Å². The van der Waals surface area contributed by atoms with E-state index in [0.717, 1.165) is 22.3 Å². The highest BCUT2D eigenvalue weighted by Gasteiger charge is 2.13. The number of para-hydroxylation sites is 2. The molecule has 0 bridgehead atoms. The normalized spacial score (nSPS) is 11.0. The molecule has 0 saturated heterocycles. The molecule has 0 spiro atoms. The summed E-state index contributed by atoms with van der Waals surface area (Å²) < 4.78 is 29.2. The Kier molecular flexibility index (Phi) is 7.73. The van der Waals surface area contributed by atoms with E-state index in [1.807, 2.05) is 60.7 Å². The van der Waals surface area contributed by atoms with Gasteiger partial charge in [0.1, 0.15) is 17.1 Å². The van der Waals surface area contributed by atoms with Gasteiger partial charge in [0.2, 0.25) is 5.95 Å². The number of halogens is 1. The van der Waals surface area contributed by atoms with Crippen LogP contribution in [0, 0.1) is 0 Å². The molecule has 1 aromatic heterocycles. The summed E-state index contributed by atoms with van der Waals surface area (Å²) in [5.74, 6) is 1.84. The van der Waals surface area contributed by atoms with Crippen LogP contribution in [0.4, 0.5) is 23.1 Å². The molecule has 33 heavy (non-hydrogen) atoms. The van der Waals surface area contributed by atoms with Gasteiger partial charge >= 0.3 is 0 Å². The predicted molar refractivity (Wildman–Crippen MR) is 136 cm³/mol. The van der Waals surface area contributed by atoms with Crippen LogP contribution in [0.2, 0.25) is 0 Å². The first-order chi connectivity index (χ1) is 15.5. The largest absolute Gasteiger partial charge is 0.494 e. The van der Waals surface area contributed by atoms with Crippen molar-refractivity contribution in [2.24, 2.45) is 0 Å². The third-order valence-corrected chi connectivity index (χ3v) is 6.64. The number of nitrogens with zero attached hydrogens (tertiary/aromatic N) is 2. The Bertz CT molecular complexity index is 1330. The van der Waals surface area contributed by atoms with Crippen molar-refractivity contribution in [3.63, 3.8) is 0 Å². The minimum Gasteiger partial charge on any atom is -0.494 e. The zero-order valence-corrected chi connectivity index (χ0v) is 19.9. The Morgan fingerprint density at radius 3 is 2.21 bits per heavy atom. The van der Waals surface area contributed by atoms with Gasteiger partial charge in [0.25, 0.3) is 0 Å². The van der Waals surface area contributed by atoms with E-state index in [1.165, 1.54) is 0 Å². The summed E-state index contributed by atoms with van der Waals surface area (Å²) in [5, 5.41) is 7.39. The summed E-state index contributed by atoms with van der Waals surface area (Å²) in [7, 11) is -1.47. The molecule has 0 amide bonds. The second kappa shape index (κ2) is 10.5. The van der Waals surface area contributed by atoms with Crippen molar-refractivity contribution in [3.8, 4) is 5.75 Å². The number of nitrogens with one attached hydrogen (secondary N) is 2. The highest BCUT2D eigenvalue weighted by atomic mass is 35.5. The SMILES string of the molecule is CCS(=O)(=O)Cc1ccc(Nc2nc(Nc3ccccc3)c3cccc(OC)c3n2)cc1.Cl. The van der Waals surface area contributed by atoms with Gasteiger partial charge in [-0.1, -0.05) is 43.3 Å². The van der Waals surface area contributed by atoms with Gasteiger partial charge in [-0.3, -0.25) is 0 Å². The first-order valence-electron chi connectivity index (χ1n) is 10.2. The monoisotopic (exact) mass is 484 g/mol. The van der Waals surface area contributed by atoms with Crippen molar-refractivity contribution in [1.82, 2.24) is 9.97 Å². The molecule has 4 rings (SSSR count). The predicted octanol–water partition coefficient (Wildman–Crippen LogP) is 5.48. The lowest BCUT2D eigenvalue weighted by Crippen LogP contribution is -2.06. The van der Waals surface area contributed by atoms with Crippen molar-refractivity contribution in [1.29, 1.82) is 0 Å². The number of methoxy groups -OCH3 is 1. The van der Waals surface area contributed by atoms with Crippen molar-refractivity contribution >= 4 is 56.3 Å². The number of fused-ring (bicyclic) bond motifs is 1. The molecule has 0 fully saturated rings. The van der Waals surface area contributed by atoms with E-state index in [1.54, 1.807) is 26.2 Å². The van der Waals surface area contributed by atoms with Gasteiger partial charge in [-0.2, -0.15) is 4.98 Å². The van der Waals surface area contributed by atoms with Crippen LogP contribution in [0.5, 0.6) is 5.75 Å². The quantitative estimate of drug-likeness (QED) is 0.342. The van der Waals surface area contributed by atoms with Crippen molar-refractivity contribution in [3.05, 3.63) is 78.4 Å². The highest BCUT2D eigenvalue weighted by molar-refractivity contribution is 7.90. The van der Waals surface area contributed by atoms with Gasteiger partial charge < -0.3 is 15.4 Å². The number of ether oxygens (including phenoxy) is 1. The van der Waals surface area contributed by atoms with Crippen LogP contribution in [-0.4, -0.2) is 31.2 Å². The van der Waals surface area contributed by atoms with Crippen molar-refractivity contribution in [2.75, 3.05) is 23.5 Å². The summed E-state index contributed by atoms with van der Waals surface area (Å²) in [6.45, 7) is 1.65. The number of aromatic nitrogens is 2. The Morgan fingerprint density at radius 1 is 0.848 bits per heavy atom. The molecule has 0 atom stereocenters. The molecule has 0 aliphatic heterocycles. The van der Waals surface area contributed by atoms with Gasteiger partial charge in [0.15, 0.2) is 9.84 Å². The molecular formula is C24H25ClN4O3S. The van der Waals surface area contributed by atoms with Crippen molar-refractivity contribution < 1.29 is 13.2 Å². The number of hydrogen-bond donors (Lipinski definition) is 2. The van der Waals surface area contributed by atoms with Crippen LogP contribution < -0.4 is 15.4 Å². The van der Waals surface area contributed by atoms with Crippen LogP contribution >= 0.6 is 12.4 Å². The lowest BCUT2D eigenvalue weighted by molar-refractivity contribution is 0.419. The third-order valence-electron chi connectivity index (χ3n) is 4.98. The standard InChI is InChI=1S/C24H24N4O3S.ClH/c1-3-32(29,30)16-17-12-14-19(15-13-17)26-24-27-22-20(10-7-11-21(22)31-2)23(28-24)25-18-8-5-4-6-9-18;/h4-15H,3,16H2,1-2H3,(H2,25,26,27,28);1H. The number of benzene rings is 3. The van der Waals surface area contributed by atoms with E-state index < -0.39 is 9.84 Å². The summed E-state index contributed by atoms with van der Waals surface area (Å²) in [4.78, 5) is 9.33. The molecule has 0 unspecified atom stereocenters. The molecule has 9 heteroatoms. The fourth-order valence-corrected chi connectivity index (χ4v) is 4.17. The summed E-state index contributed by atoms with van der Waals surface area (Å²) in [5.41, 5.74) is 3.08. The minimum atomic E-state index is -3.08. The highest BCUT2D eigenvalue weighted by Crippen LogP contribution is 2.31.